The molecule has 1 aliphatic heterocycles. The molecule has 2 N–H and O–H groups in total. The monoisotopic (exact) mass is 287 g/mol. The summed E-state index contributed by atoms with van der Waals surface area (Å²) in [5, 5.41) is 0. The number of benzene rings is 2. The van der Waals surface area contributed by atoms with Gasteiger partial charge in [-0.1, -0.05) is 18.2 Å². The van der Waals surface area contributed by atoms with Crippen molar-refractivity contribution >= 4 is 21.6 Å². The standard InChI is InChI=1S/C15H13NO3S/c16-12-6-7-15-11(8-12)9-14(20(15,17)18)10-19-13-4-2-1-3-5-13/h1-9H,10,16H2. The lowest BCUT2D eigenvalue weighted by Gasteiger charge is -2.07. The summed E-state index contributed by atoms with van der Waals surface area (Å²) >= 11 is 0. The van der Waals surface area contributed by atoms with Crippen LogP contribution in [0.15, 0.2) is 58.3 Å². The topological polar surface area (TPSA) is 69.4 Å². The second-order valence-electron chi connectivity index (χ2n) is 4.51. The van der Waals surface area contributed by atoms with Gasteiger partial charge in [-0.05, 0) is 42.0 Å². The van der Waals surface area contributed by atoms with Crippen LogP contribution in [0.3, 0.4) is 0 Å². The Bertz CT molecular complexity index is 780. The van der Waals surface area contributed by atoms with E-state index < -0.39 is 9.84 Å². The Hall–Kier alpha value is -2.27. The predicted molar refractivity (Wildman–Crippen MR) is 78.0 cm³/mol. The Morgan fingerprint density at radius 1 is 1.05 bits per heavy atom. The normalized spacial score (nSPS) is 15.5. The minimum atomic E-state index is -3.45. The minimum absolute atomic E-state index is 0.0148. The van der Waals surface area contributed by atoms with Crippen molar-refractivity contribution in [3.63, 3.8) is 0 Å². The summed E-state index contributed by atoms with van der Waals surface area (Å²) in [4.78, 5) is 0.542. The third-order valence-electron chi connectivity index (χ3n) is 3.11. The molecule has 1 aliphatic rings. The first-order valence-electron chi connectivity index (χ1n) is 6.10. The fraction of sp³-hybridized carbons (Fsp3) is 0.0667. The van der Waals surface area contributed by atoms with E-state index in [1.165, 1.54) is 6.07 Å². The van der Waals surface area contributed by atoms with Crippen LogP contribution in [0.2, 0.25) is 0 Å². The maximum atomic E-state index is 12.3. The van der Waals surface area contributed by atoms with Crippen molar-refractivity contribution in [2.24, 2.45) is 0 Å². The van der Waals surface area contributed by atoms with E-state index >= 15 is 0 Å². The summed E-state index contributed by atoms with van der Waals surface area (Å²) in [6.07, 6.45) is 1.62. The zero-order valence-corrected chi connectivity index (χ0v) is 11.4. The molecule has 0 amide bonds. The maximum absolute atomic E-state index is 12.3. The van der Waals surface area contributed by atoms with E-state index in [2.05, 4.69) is 0 Å². The first kappa shape index (κ1) is 12.7. The second-order valence-corrected chi connectivity index (χ2v) is 6.48. The lowest BCUT2D eigenvalue weighted by molar-refractivity contribution is 0.359. The van der Waals surface area contributed by atoms with Gasteiger partial charge in [0.2, 0.25) is 9.84 Å². The van der Waals surface area contributed by atoms with Gasteiger partial charge in [-0.15, -0.1) is 0 Å². The van der Waals surface area contributed by atoms with E-state index in [-0.39, 0.29) is 11.5 Å². The summed E-state index contributed by atoms with van der Waals surface area (Å²) in [7, 11) is -3.45. The van der Waals surface area contributed by atoms with Gasteiger partial charge in [0, 0.05) is 5.69 Å². The quantitative estimate of drug-likeness (QED) is 0.880. The van der Waals surface area contributed by atoms with Crippen molar-refractivity contribution in [3.8, 4) is 5.75 Å². The number of para-hydroxylation sites is 1. The predicted octanol–water partition coefficient (Wildman–Crippen LogP) is 2.48. The van der Waals surface area contributed by atoms with E-state index in [1.54, 1.807) is 30.3 Å². The molecular weight excluding hydrogens is 274 g/mol. The number of nitrogens with two attached hydrogens (primary N) is 1. The van der Waals surface area contributed by atoms with Gasteiger partial charge < -0.3 is 10.5 Å². The minimum Gasteiger partial charge on any atom is -0.488 e. The van der Waals surface area contributed by atoms with Gasteiger partial charge in [0.15, 0.2) is 0 Å². The van der Waals surface area contributed by atoms with Crippen LogP contribution in [0.1, 0.15) is 5.56 Å². The number of hydrogen-bond donors (Lipinski definition) is 1. The molecule has 0 atom stereocenters. The highest BCUT2D eigenvalue weighted by Crippen LogP contribution is 2.34. The summed E-state index contributed by atoms with van der Waals surface area (Å²) < 4.78 is 30.2. The number of sulfone groups is 1. The average molecular weight is 287 g/mol. The molecule has 0 unspecified atom stereocenters. The summed E-state index contributed by atoms with van der Waals surface area (Å²) in [5.41, 5.74) is 6.84. The van der Waals surface area contributed by atoms with Crippen molar-refractivity contribution in [2.45, 2.75) is 4.90 Å². The number of hydrogen-bond acceptors (Lipinski definition) is 4. The Morgan fingerprint density at radius 2 is 1.80 bits per heavy atom. The number of nitrogen functional groups attached to an aromatic ring is 1. The molecule has 0 spiro atoms. The fourth-order valence-corrected chi connectivity index (χ4v) is 3.56. The summed E-state index contributed by atoms with van der Waals surface area (Å²) in [6.45, 7) is 0.0148. The molecule has 0 aromatic heterocycles. The highest BCUT2D eigenvalue weighted by Gasteiger charge is 2.29. The second kappa shape index (κ2) is 4.68. The van der Waals surface area contributed by atoms with E-state index in [0.29, 0.717) is 21.9 Å². The molecule has 2 aromatic carbocycles. The molecule has 1 heterocycles. The van der Waals surface area contributed by atoms with Crippen molar-refractivity contribution in [2.75, 3.05) is 12.3 Å². The van der Waals surface area contributed by atoms with Crippen LogP contribution in [0.5, 0.6) is 5.75 Å². The van der Waals surface area contributed by atoms with Crippen LogP contribution in [0.25, 0.3) is 6.08 Å². The Morgan fingerprint density at radius 3 is 2.55 bits per heavy atom. The smallest absolute Gasteiger partial charge is 0.206 e. The van der Waals surface area contributed by atoms with Gasteiger partial charge in [-0.3, -0.25) is 0 Å². The fourth-order valence-electron chi connectivity index (χ4n) is 2.11. The molecule has 4 nitrogen and oxygen atoms in total. The average Bonchev–Trinajstić information content (AvgIpc) is 2.68. The van der Waals surface area contributed by atoms with Crippen LogP contribution in [0.4, 0.5) is 5.69 Å². The Kier molecular flexibility index (Phi) is 2.99. The Balaban J connectivity index is 1.87. The van der Waals surface area contributed by atoms with Gasteiger partial charge in [-0.25, -0.2) is 8.42 Å². The van der Waals surface area contributed by atoms with Crippen LogP contribution in [-0.4, -0.2) is 15.0 Å². The lowest BCUT2D eigenvalue weighted by atomic mass is 10.2. The largest absolute Gasteiger partial charge is 0.488 e. The summed E-state index contributed by atoms with van der Waals surface area (Å²) in [6, 6.07) is 13.9. The molecule has 0 aliphatic carbocycles. The number of ether oxygens (including phenoxy) is 1. The van der Waals surface area contributed by atoms with E-state index in [1.807, 2.05) is 18.2 Å². The van der Waals surface area contributed by atoms with Crippen LogP contribution >= 0.6 is 0 Å². The zero-order chi connectivity index (χ0) is 14.2. The van der Waals surface area contributed by atoms with Gasteiger partial charge in [0.05, 0.1) is 9.80 Å². The molecule has 0 saturated heterocycles. The SMILES string of the molecule is Nc1ccc2c(c1)C=C(COc1ccccc1)S2(=O)=O. The van der Waals surface area contributed by atoms with Gasteiger partial charge in [0.1, 0.15) is 12.4 Å². The molecule has 0 saturated carbocycles. The summed E-state index contributed by atoms with van der Waals surface area (Å²) in [5.74, 6) is 0.638. The number of anilines is 1. The van der Waals surface area contributed by atoms with Crippen LogP contribution < -0.4 is 10.5 Å². The van der Waals surface area contributed by atoms with Gasteiger partial charge in [-0.2, -0.15) is 0 Å². The molecule has 20 heavy (non-hydrogen) atoms. The molecule has 0 radical (unpaired) electrons. The maximum Gasteiger partial charge on any atom is 0.206 e. The molecule has 0 fully saturated rings. The molecule has 3 rings (SSSR count). The van der Waals surface area contributed by atoms with Crippen molar-refractivity contribution < 1.29 is 13.2 Å². The van der Waals surface area contributed by atoms with Crippen molar-refractivity contribution in [3.05, 3.63) is 59.0 Å². The van der Waals surface area contributed by atoms with E-state index in [9.17, 15) is 8.42 Å². The third kappa shape index (κ3) is 2.16. The van der Waals surface area contributed by atoms with Crippen molar-refractivity contribution in [1.82, 2.24) is 0 Å². The third-order valence-corrected chi connectivity index (χ3v) is 4.99. The first-order valence-corrected chi connectivity index (χ1v) is 7.59. The number of rotatable bonds is 3. The molecule has 2 aromatic rings. The number of fused-ring (bicyclic) bond motifs is 1. The molecular formula is C15H13NO3S. The molecule has 5 heteroatoms. The van der Waals surface area contributed by atoms with Crippen LogP contribution in [0, 0.1) is 0 Å². The zero-order valence-electron chi connectivity index (χ0n) is 10.6. The van der Waals surface area contributed by atoms with Gasteiger partial charge in [0.25, 0.3) is 0 Å². The van der Waals surface area contributed by atoms with Crippen molar-refractivity contribution in [1.29, 1.82) is 0 Å². The van der Waals surface area contributed by atoms with Gasteiger partial charge >= 0.3 is 0 Å². The lowest BCUT2D eigenvalue weighted by Crippen LogP contribution is -2.08. The molecule has 102 valence electrons. The van der Waals surface area contributed by atoms with E-state index in [0.717, 1.165) is 0 Å². The highest BCUT2D eigenvalue weighted by atomic mass is 32.2. The first-order chi connectivity index (χ1) is 9.57. The highest BCUT2D eigenvalue weighted by molar-refractivity contribution is 7.95. The van der Waals surface area contributed by atoms with Crippen LogP contribution in [-0.2, 0) is 9.84 Å². The Labute approximate surface area is 117 Å². The molecule has 0 bridgehead atoms. The van der Waals surface area contributed by atoms with E-state index in [4.69, 9.17) is 10.5 Å².